The van der Waals surface area contributed by atoms with Crippen molar-refractivity contribution in [3.05, 3.63) is 0 Å². The summed E-state index contributed by atoms with van der Waals surface area (Å²) in [6, 6.07) is 4.71. The van der Waals surface area contributed by atoms with E-state index in [1.807, 2.05) is 26.0 Å². The number of carbonyl (C=O) groups is 3. The van der Waals surface area contributed by atoms with E-state index in [1.165, 1.54) is 40.0 Å². The molecule has 0 radical (unpaired) electrons. The van der Waals surface area contributed by atoms with E-state index >= 15 is 0 Å². The molecule has 0 aromatic heterocycles. The molecule has 1 heterocycles. The first-order valence-corrected chi connectivity index (χ1v) is 16.8. The minimum atomic E-state index is -4.76. The van der Waals surface area contributed by atoms with Gasteiger partial charge in [-0.2, -0.15) is 23.7 Å². The van der Waals surface area contributed by atoms with Gasteiger partial charge >= 0.3 is 24.3 Å². The maximum absolute atomic E-state index is 11.4. The minimum Gasteiger partial charge on any atom is -0.448 e. The smallest absolute Gasteiger partial charge is 0.448 e. The number of amides is 3. The lowest BCUT2D eigenvalue weighted by molar-refractivity contribution is -0.174. The first-order valence-electron chi connectivity index (χ1n) is 16.8. The van der Waals surface area contributed by atoms with E-state index in [-0.39, 0.29) is 38.1 Å². The maximum Gasteiger partial charge on any atom is 0.471 e. The molecule has 3 amide bonds. The van der Waals surface area contributed by atoms with Crippen LogP contribution in [0.15, 0.2) is 4.99 Å². The molecule has 1 aliphatic rings. The summed E-state index contributed by atoms with van der Waals surface area (Å²) >= 11 is 0. The van der Waals surface area contributed by atoms with Crippen molar-refractivity contribution in [3.63, 3.8) is 0 Å². The van der Waals surface area contributed by atoms with Crippen LogP contribution in [0, 0.1) is 22.7 Å². The number of ether oxygens (including phenoxy) is 2. The third-order valence-corrected chi connectivity index (χ3v) is 5.70. The van der Waals surface area contributed by atoms with Gasteiger partial charge in [-0.05, 0) is 82.6 Å². The molecule has 1 aliphatic heterocycles. The summed E-state index contributed by atoms with van der Waals surface area (Å²) in [5.74, 6) is -2.02. The molecule has 0 aromatic rings. The van der Waals surface area contributed by atoms with Crippen molar-refractivity contribution in [2.45, 2.75) is 118 Å². The van der Waals surface area contributed by atoms with Gasteiger partial charge in [0.1, 0.15) is 13.2 Å². The zero-order chi connectivity index (χ0) is 40.7. The molecule has 298 valence electrons. The summed E-state index contributed by atoms with van der Waals surface area (Å²) < 4.78 is 43.6. The van der Waals surface area contributed by atoms with Crippen LogP contribution in [0.4, 0.5) is 22.8 Å². The predicted molar refractivity (Wildman–Crippen MR) is 194 cm³/mol. The lowest BCUT2D eigenvalue weighted by atomic mass is 10.2. The molecule has 0 unspecified atom stereocenters. The van der Waals surface area contributed by atoms with E-state index in [1.54, 1.807) is 19.2 Å². The number of halogens is 3. The summed E-state index contributed by atoms with van der Waals surface area (Å²) in [7, 11) is 6.34. The van der Waals surface area contributed by atoms with Crippen LogP contribution in [0.1, 0.15) is 82.1 Å². The number of guanidine groups is 1. The fraction of sp³-hybridized carbons (Fsp3) is 0.818. The number of hydrogen-bond acceptors (Lipinski definition) is 12. The number of piperazine rings is 1. The first kappa shape index (κ1) is 54.1. The SMILES string of the molecule is CC(C)N.CC(C)N(C)C.CC(C)N1CCN(C)CC1.CC(C)N=C(NC(=O)OCCC#N)NC(=O)OCCC#N.CC(C)NC(=O)C(F)(F)F. The van der Waals surface area contributed by atoms with E-state index in [2.05, 4.69) is 88.6 Å². The number of rotatable bonds is 8. The van der Waals surface area contributed by atoms with Crippen molar-refractivity contribution in [1.29, 1.82) is 10.5 Å². The highest BCUT2D eigenvalue weighted by Crippen LogP contribution is 2.14. The lowest BCUT2D eigenvalue weighted by Gasteiger charge is -2.34. The number of hydrogen-bond donors (Lipinski definition) is 4. The quantitative estimate of drug-likeness (QED) is 0.159. The summed E-state index contributed by atoms with van der Waals surface area (Å²) in [5, 5.41) is 22.8. The largest absolute Gasteiger partial charge is 0.471 e. The molecule has 1 fully saturated rings. The fourth-order valence-electron chi connectivity index (χ4n) is 2.68. The number of alkyl halides is 3. The van der Waals surface area contributed by atoms with Gasteiger partial charge < -0.3 is 30.3 Å². The van der Waals surface area contributed by atoms with Gasteiger partial charge in [0.2, 0.25) is 5.96 Å². The van der Waals surface area contributed by atoms with Crippen LogP contribution in [0.3, 0.4) is 0 Å². The number of nitrogens with two attached hydrogens (primary N) is 1. The molecule has 15 nitrogen and oxygen atoms in total. The van der Waals surface area contributed by atoms with E-state index in [9.17, 15) is 27.6 Å². The average Bonchev–Trinajstić information content (AvgIpc) is 2.97. The normalized spacial score (nSPS) is 12.7. The van der Waals surface area contributed by atoms with Gasteiger partial charge in [-0.3, -0.25) is 20.3 Å². The number of nitrogens with zero attached hydrogens (tertiary/aromatic N) is 6. The zero-order valence-corrected chi connectivity index (χ0v) is 33.0. The molecule has 1 rings (SSSR count). The molecular formula is C33H65F3N10O5. The molecule has 0 aromatic carbocycles. The van der Waals surface area contributed by atoms with E-state index in [0.717, 1.165) is 6.04 Å². The van der Waals surface area contributed by atoms with Crippen molar-refractivity contribution in [2.24, 2.45) is 10.7 Å². The number of likely N-dealkylation sites (N-methyl/N-ethyl adjacent to an activating group) is 1. The Kier molecular flexibility index (Phi) is 34.2. The molecular weight excluding hydrogens is 673 g/mol. The molecule has 0 atom stereocenters. The van der Waals surface area contributed by atoms with Crippen molar-refractivity contribution in [3.8, 4) is 12.1 Å². The van der Waals surface area contributed by atoms with Crippen LogP contribution in [0.25, 0.3) is 0 Å². The molecule has 5 N–H and O–H groups in total. The van der Waals surface area contributed by atoms with E-state index in [0.29, 0.717) is 12.1 Å². The molecule has 1 saturated heterocycles. The highest BCUT2D eigenvalue weighted by atomic mass is 19.4. The van der Waals surface area contributed by atoms with Gasteiger partial charge in [0.15, 0.2) is 0 Å². The Morgan fingerprint density at radius 3 is 1.45 bits per heavy atom. The highest BCUT2D eigenvalue weighted by Gasteiger charge is 2.38. The molecule has 18 heteroatoms. The average molecular weight is 739 g/mol. The topological polar surface area (TPSA) is 201 Å². The van der Waals surface area contributed by atoms with Crippen molar-refractivity contribution in [1.82, 2.24) is 30.7 Å². The molecule has 0 saturated carbocycles. The predicted octanol–water partition coefficient (Wildman–Crippen LogP) is 4.06. The highest BCUT2D eigenvalue weighted by molar-refractivity contribution is 6.01. The molecule has 0 aliphatic carbocycles. The summed E-state index contributed by atoms with van der Waals surface area (Å²) in [5.41, 5.74) is 5.11. The third-order valence-electron chi connectivity index (χ3n) is 5.70. The van der Waals surface area contributed by atoms with Crippen molar-refractivity contribution >= 4 is 24.1 Å². The van der Waals surface area contributed by atoms with Crippen LogP contribution < -0.4 is 21.7 Å². The van der Waals surface area contributed by atoms with Crippen LogP contribution >= 0.6 is 0 Å². The van der Waals surface area contributed by atoms with Crippen molar-refractivity contribution in [2.75, 3.05) is 60.5 Å². The van der Waals surface area contributed by atoms with Crippen LogP contribution in [0.5, 0.6) is 0 Å². The number of carbonyl (C=O) groups excluding carboxylic acids is 3. The Hall–Kier alpha value is -3.71. The second-order valence-electron chi connectivity index (χ2n) is 12.8. The first-order chi connectivity index (χ1) is 23.4. The number of nitriles is 2. The standard InChI is InChI=1S/C12H17N5O4.C8H18N2.C5H8F3NO.C5H13N.C3H9N/c1-9(2)15-10(16-11(18)20-7-3-5-13)17-12(19)21-8-4-6-14;1-8(2)10-6-4-9(3)5-7-10;1-3(2)9-4(10)5(6,7)8;1-5(2)6(3)4;1-3(2)4/h9H,3-4,7-8H2,1-2H3,(H2,15,16,17,18,19);8H,4-7H2,1-3H3;3H,1-2H3,(H,9,10);5H,1-4H3;3H,4H2,1-2H3. The van der Waals surface area contributed by atoms with E-state index < -0.39 is 30.3 Å². The summed E-state index contributed by atoms with van der Waals surface area (Å²) in [6.45, 7) is 24.0. The van der Waals surface area contributed by atoms with Gasteiger partial charge in [0, 0.05) is 50.3 Å². The molecule has 0 spiro atoms. The lowest BCUT2D eigenvalue weighted by Crippen LogP contribution is -2.47. The fourth-order valence-corrected chi connectivity index (χ4v) is 2.68. The Bertz CT molecular complexity index is 989. The van der Waals surface area contributed by atoms with Gasteiger partial charge in [0.25, 0.3) is 0 Å². The Morgan fingerprint density at radius 1 is 0.843 bits per heavy atom. The van der Waals surface area contributed by atoms with E-state index in [4.69, 9.17) is 16.3 Å². The number of alkyl carbamates (subject to hydrolysis) is 2. The Labute approximate surface area is 304 Å². The number of nitrogens with one attached hydrogen (secondary N) is 3. The Balaban J connectivity index is -0.000000307. The second kappa shape index (κ2) is 32.2. The van der Waals surface area contributed by atoms with Crippen LogP contribution in [-0.4, -0.2) is 136 Å². The van der Waals surface area contributed by atoms with Crippen molar-refractivity contribution < 1.29 is 37.0 Å². The summed E-state index contributed by atoms with van der Waals surface area (Å²) in [6.07, 6.45) is -6.32. The van der Waals surface area contributed by atoms with Gasteiger partial charge in [-0.15, -0.1) is 0 Å². The van der Waals surface area contributed by atoms with Crippen LogP contribution in [-0.2, 0) is 14.3 Å². The van der Waals surface area contributed by atoms with Gasteiger partial charge in [-0.1, -0.05) is 13.8 Å². The summed E-state index contributed by atoms with van der Waals surface area (Å²) in [4.78, 5) is 43.9. The van der Waals surface area contributed by atoms with Gasteiger partial charge in [-0.25, -0.2) is 14.6 Å². The third kappa shape index (κ3) is 42.4. The zero-order valence-electron chi connectivity index (χ0n) is 33.0. The van der Waals surface area contributed by atoms with Crippen LogP contribution in [0.2, 0.25) is 0 Å². The second-order valence-corrected chi connectivity index (χ2v) is 12.8. The molecule has 0 bridgehead atoms. The van der Waals surface area contributed by atoms with Gasteiger partial charge in [0.05, 0.1) is 25.0 Å². The maximum atomic E-state index is 11.4. The Morgan fingerprint density at radius 2 is 1.22 bits per heavy atom. The number of aliphatic imine (C=N–C) groups is 1. The monoisotopic (exact) mass is 739 g/mol. The minimum absolute atomic E-state index is 0.0632. The molecule has 51 heavy (non-hydrogen) atoms.